The molecule has 0 spiro atoms. The van der Waals surface area contributed by atoms with Crippen molar-refractivity contribution >= 4 is 26.9 Å². The van der Waals surface area contributed by atoms with Crippen LogP contribution < -0.4 is 0 Å². The van der Waals surface area contributed by atoms with Gasteiger partial charge >= 0.3 is 5.97 Å². The lowest BCUT2D eigenvalue weighted by Gasteiger charge is -2.21. The number of fused-ring (bicyclic) bond motifs is 1. The lowest BCUT2D eigenvalue weighted by Crippen LogP contribution is -2.31. The van der Waals surface area contributed by atoms with Gasteiger partial charge in [0.05, 0.1) is 16.0 Å². The number of hydrogen-bond acceptors (Lipinski definition) is 4. The molecule has 0 bridgehead atoms. The number of pyridine rings is 1. The van der Waals surface area contributed by atoms with E-state index in [9.17, 15) is 18.3 Å². The van der Waals surface area contributed by atoms with E-state index in [1.54, 1.807) is 12.1 Å². The summed E-state index contributed by atoms with van der Waals surface area (Å²) in [6.07, 6.45) is 3.77. The van der Waals surface area contributed by atoms with Crippen molar-refractivity contribution in [3.8, 4) is 0 Å². The van der Waals surface area contributed by atoms with Gasteiger partial charge in [-0.05, 0) is 37.1 Å². The van der Waals surface area contributed by atoms with Gasteiger partial charge in [-0.15, -0.1) is 0 Å². The Labute approximate surface area is 160 Å². The zero-order valence-electron chi connectivity index (χ0n) is 16.0. The fourth-order valence-electron chi connectivity index (χ4n) is 3.36. The van der Waals surface area contributed by atoms with Crippen LogP contribution in [0.3, 0.4) is 0 Å². The van der Waals surface area contributed by atoms with Crippen LogP contribution >= 0.6 is 0 Å². The van der Waals surface area contributed by atoms with E-state index in [4.69, 9.17) is 0 Å². The predicted octanol–water partition coefficient (Wildman–Crippen LogP) is 3.80. The maximum absolute atomic E-state index is 13.0. The molecule has 7 heteroatoms. The van der Waals surface area contributed by atoms with Crippen LogP contribution in [0.5, 0.6) is 0 Å². The summed E-state index contributed by atoms with van der Waals surface area (Å²) in [5.74, 6) is -1.09. The molecule has 0 aliphatic carbocycles. The van der Waals surface area contributed by atoms with E-state index in [0.717, 1.165) is 25.7 Å². The van der Waals surface area contributed by atoms with Gasteiger partial charge in [0.15, 0.2) is 0 Å². The number of carboxylic acids is 1. The highest BCUT2D eigenvalue weighted by molar-refractivity contribution is 7.89. The molecule has 27 heavy (non-hydrogen) atoms. The number of hydrogen-bond donors (Lipinski definition) is 1. The third kappa shape index (κ3) is 3.99. The molecule has 1 aromatic heterocycles. The summed E-state index contributed by atoms with van der Waals surface area (Å²) >= 11 is 0. The molecule has 1 N–H and O–H groups in total. The van der Waals surface area contributed by atoms with E-state index in [2.05, 4.69) is 4.98 Å². The highest BCUT2D eigenvalue weighted by atomic mass is 32.2. The first kappa shape index (κ1) is 19.8. The van der Waals surface area contributed by atoms with Crippen molar-refractivity contribution < 1.29 is 18.3 Å². The zero-order chi connectivity index (χ0) is 19.8. The van der Waals surface area contributed by atoms with Crippen molar-refractivity contribution in [2.45, 2.75) is 56.8 Å². The summed E-state index contributed by atoms with van der Waals surface area (Å²) in [5.41, 5.74) is 0.929. The molecule has 1 aliphatic rings. The predicted molar refractivity (Wildman–Crippen MR) is 105 cm³/mol. The standard InChI is InChI=1S/C20H26N2O4S/c1-20(2,3)18-13-16(19(23)24)15-12-14(8-9-17(15)21-18)27(25,26)22-10-6-4-5-7-11-22/h8-9,12-13H,4-7,10-11H2,1-3H3,(H,23,24). The smallest absolute Gasteiger partial charge is 0.336 e. The third-order valence-electron chi connectivity index (χ3n) is 4.98. The summed E-state index contributed by atoms with van der Waals surface area (Å²) in [7, 11) is -3.65. The normalized spacial score (nSPS) is 17.0. The lowest BCUT2D eigenvalue weighted by molar-refractivity contribution is 0.0698. The summed E-state index contributed by atoms with van der Waals surface area (Å²) in [6.45, 7) is 6.90. The minimum Gasteiger partial charge on any atom is -0.478 e. The number of sulfonamides is 1. The third-order valence-corrected chi connectivity index (χ3v) is 6.88. The fraction of sp³-hybridized carbons (Fsp3) is 0.500. The quantitative estimate of drug-likeness (QED) is 0.861. The number of carboxylic acid groups (broad SMARTS) is 1. The Kier molecular flexibility index (Phi) is 5.27. The van der Waals surface area contributed by atoms with E-state index in [1.807, 2.05) is 20.8 Å². The highest BCUT2D eigenvalue weighted by Gasteiger charge is 2.27. The molecule has 1 saturated heterocycles. The maximum Gasteiger partial charge on any atom is 0.336 e. The molecule has 146 valence electrons. The van der Waals surface area contributed by atoms with Gasteiger partial charge in [-0.3, -0.25) is 4.98 Å². The van der Waals surface area contributed by atoms with E-state index in [0.29, 0.717) is 29.7 Å². The fourth-order valence-corrected chi connectivity index (χ4v) is 4.90. The molecule has 1 aliphatic heterocycles. The first-order valence-corrected chi connectivity index (χ1v) is 10.7. The topological polar surface area (TPSA) is 87.6 Å². The molecular formula is C20H26N2O4S. The van der Waals surface area contributed by atoms with Gasteiger partial charge in [0, 0.05) is 29.6 Å². The van der Waals surface area contributed by atoms with Crippen LogP contribution in [-0.2, 0) is 15.4 Å². The molecular weight excluding hydrogens is 364 g/mol. The molecule has 1 fully saturated rings. The lowest BCUT2D eigenvalue weighted by atomic mass is 9.90. The minimum atomic E-state index is -3.65. The molecule has 1 aromatic carbocycles. The Morgan fingerprint density at radius 2 is 1.70 bits per heavy atom. The SMILES string of the molecule is CC(C)(C)c1cc(C(=O)O)c2cc(S(=O)(=O)N3CCCCCC3)ccc2n1. The first-order chi connectivity index (χ1) is 12.6. The molecule has 0 atom stereocenters. The van der Waals surface area contributed by atoms with Crippen molar-refractivity contribution in [1.82, 2.24) is 9.29 Å². The number of aromatic nitrogens is 1. The molecule has 0 amide bonds. The van der Waals surface area contributed by atoms with Crippen molar-refractivity contribution in [1.29, 1.82) is 0 Å². The molecule has 0 saturated carbocycles. The Morgan fingerprint density at radius 3 is 2.26 bits per heavy atom. The van der Waals surface area contributed by atoms with Gasteiger partial charge in [0.1, 0.15) is 0 Å². The Bertz CT molecular complexity index is 969. The second kappa shape index (κ2) is 7.20. The second-order valence-corrected chi connectivity index (χ2v) is 10.0. The number of aromatic carboxylic acids is 1. The first-order valence-electron chi connectivity index (χ1n) is 9.29. The Hall–Kier alpha value is -1.99. The van der Waals surface area contributed by atoms with Gasteiger partial charge in [-0.25, -0.2) is 13.2 Å². The van der Waals surface area contributed by atoms with E-state index < -0.39 is 16.0 Å². The summed E-state index contributed by atoms with van der Waals surface area (Å²) < 4.78 is 27.6. The van der Waals surface area contributed by atoms with Gasteiger partial charge in [0.2, 0.25) is 10.0 Å². The van der Waals surface area contributed by atoms with E-state index in [-0.39, 0.29) is 15.9 Å². The van der Waals surface area contributed by atoms with Gasteiger partial charge in [-0.1, -0.05) is 33.6 Å². The molecule has 6 nitrogen and oxygen atoms in total. The monoisotopic (exact) mass is 390 g/mol. The molecule has 3 rings (SSSR count). The van der Waals surface area contributed by atoms with E-state index >= 15 is 0 Å². The number of rotatable bonds is 3. The van der Waals surface area contributed by atoms with Crippen molar-refractivity contribution in [3.63, 3.8) is 0 Å². The number of benzene rings is 1. The van der Waals surface area contributed by atoms with Crippen molar-refractivity contribution in [2.24, 2.45) is 0 Å². The van der Waals surface area contributed by atoms with Gasteiger partial charge < -0.3 is 5.11 Å². The second-order valence-electron chi connectivity index (χ2n) is 8.11. The van der Waals surface area contributed by atoms with Gasteiger partial charge in [-0.2, -0.15) is 4.31 Å². The van der Waals surface area contributed by atoms with Crippen LogP contribution in [0.1, 0.15) is 62.5 Å². The van der Waals surface area contributed by atoms with Crippen LogP contribution in [0, 0.1) is 0 Å². The maximum atomic E-state index is 13.0. The molecule has 0 radical (unpaired) electrons. The Balaban J connectivity index is 2.14. The van der Waals surface area contributed by atoms with Gasteiger partial charge in [0.25, 0.3) is 0 Å². The average molecular weight is 391 g/mol. The summed E-state index contributed by atoms with van der Waals surface area (Å²) in [6, 6.07) is 6.15. The summed E-state index contributed by atoms with van der Waals surface area (Å²) in [5, 5.41) is 10.0. The Morgan fingerprint density at radius 1 is 1.07 bits per heavy atom. The number of carbonyl (C=O) groups is 1. The van der Waals surface area contributed by atoms with Crippen LogP contribution in [0.25, 0.3) is 10.9 Å². The van der Waals surface area contributed by atoms with E-state index in [1.165, 1.54) is 16.4 Å². The van der Waals surface area contributed by atoms with Crippen LogP contribution in [-0.4, -0.2) is 41.9 Å². The van der Waals surface area contributed by atoms with Crippen molar-refractivity contribution in [2.75, 3.05) is 13.1 Å². The molecule has 0 unspecified atom stereocenters. The van der Waals surface area contributed by atoms with Crippen LogP contribution in [0.4, 0.5) is 0 Å². The zero-order valence-corrected chi connectivity index (χ0v) is 16.8. The van der Waals surface area contributed by atoms with Crippen LogP contribution in [0.2, 0.25) is 0 Å². The highest BCUT2D eigenvalue weighted by Crippen LogP contribution is 2.29. The van der Waals surface area contributed by atoms with Crippen molar-refractivity contribution in [3.05, 3.63) is 35.5 Å². The minimum absolute atomic E-state index is 0.0813. The molecule has 2 aromatic rings. The molecule has 2 heterocycles. The number of nitrogens with zero attached hydrogens (tertiary/aromatic N) is 2. The summed E-state index contributed by atoms with van der Waals surface area (Å²) in [4.78, 5) is 16.5. The van der Waals surface area contributed by atoms with Crippen LogP contribution in [0.15, 0.2) is 29.2 Å². The average Bonchev–Trinajstić information content (AvgIpc) is 2.89. The largest absolute Gasteiger partial charge is 0.478 e.